The lowest BCUT2D eigenvalue weighted by atomic mass is 10.0. The van der Waals surface area contributed by atoms with E-state index in [1.54, 1.807) is 48.5 Å². The number of anilines is 1. The van der Waals surface area contributed by atoms with Gasteiger partial charge >= 0.3 is 0 Å². The number of para-hydroxylation sites is 1. The van der Waals surface area contributed by atoms with Crippen molar-refractivity contribution in [3.05, 3.63) is 101 Å². The highest BCUT2D eigenvalue weighted by Crippen LogP contribution is 2.18. The molecule has 0 spiro atoms. The van der Waals surface area contributed by atoms with Gasteiger partial charge in [-0.05, 0) is 35.4 Å². The Morgan fingerprint density at radius 3 is 2.22 bits per heavy atom. The van der Waals surface area contributed by atoms with E-state index in [0.29, 0.717) is 5.02 Å². The lowest BCUT2D eigenvalue weighted by molar-refractivity contribution is -0.145. The molecule has 0 radical (unpaired) electrons. The van der Waals surface area contributed by atoms with Crippen LogP contribution in [0.25, 0.3) is 0 Å². The van der Waals surface area contributed by atoms with Crippen molar-refractivity contribution in [2.75, 3.05) is 18.9 Å². The monoisotopic (exact) mass is 511 g/mol. The first-order chi connectivity index (χ1) is 17.3. The number of likely N-dealkylation sites (N-methyl/N-ethyl adjacent to an activating group) is 1. The van der Waals surface area contributed by atoms with Crippen LogP contribution in [0.15, 0.2) is 72.8 Å². The molecule has 3 aromatic rings. The van der Waals surface area contributed by atoms with Crippen molar-refractivity contribution in [2.24, 2.45) is 0 Å². The van der Waals surface area contributed by atoms with E-state index in [4.69, 9.17) is 11.6 Å². The van der Waals surface area contributed by atoms with E-state index in [9.17, 15) is 23.6 Å². The Balaban J connectivity index is 1.73. The molecule has 2 N–H and O–H groups in total. The Labute approximate surface area is 212 Å². The fraction of sp³-hybridized carbons (Fsp3) is 0.192. The van der Waals surface area contributed by atoms with Crippen LogP contribution in [0.4, 0.5) is 14.5 Å². The number of hydrogen-bond acceptors (Lipinski definition) is 5. The van der Waals surface area contributed by atoms with Gasteiger partial charge in [0.1, 0.15) is 23.4 Å². The van der Waals surface area contributed by atoms with Crippen LogP contribution in [0, 0.1) is 23.1 Å². The summed E-state index contributed by atoms with van der Waals surface area (Å²) in [5.41, 5.74) is 1.09. The summed E-state index contributed by atoms with van der Waals surface area (Å²) in [6, 6.07) is 18.2. The average Bonchev–Trinajstić information content (AvgIpc) is 2.87. The van der Waals surface area contributed by atoms with Crippen LogP contribution in [0.3, 0.4) is 0 Å². The summed E-state index contributed by atoms with van der Waals surface area (Å²) < 4.78 is 27.8. The molecule has 10 heteroatoms. The summed E-state index contributed by atoms with van der Waals surface area (Å²) in [6.45, 7) is -0.358. The van der Waals surface area contributed by atoms with Crippen LogP contribution in [0.5, 0.6) is 0 Å². The van der Waals surface area contributed by atoms with Gasteiger partial charge in [-0.25, -0.2) is 18.8 Å². The van der Waals surface area contributed by atoms with E-state index in [1.807, 2.05) is 12.3 Å². The standard InChI is InChI=1S/C26H24ClF2N5O2/c1-33(34(17-30)16-19-10-12-20(27)13-11-19)26(36)23(14-18-6-3-2-4-7-18)32-24(35)15-31-25-21(28)8-5-9-22(25)29/h2-13,23,31H,14-16H2,1H3,(H,32,35)/t23-/m0/s1. The number of hydrogen-bond donors (Lipinski definition) is 2. The zero-order valence-corrected chi connectivity index (χ0v) is 20.2. The van der Waals surface area contributed by atoms with E-state index in [-0.39, 0.29) is 13.0 Å². The number of halogens is 3. The number of nitriles is 1. The molecule has 0 heterocycles. The molecular weight excluding hydrogens is 488 g/mol. The molecule has 0 unspecified atom stereocenters. The van der Waals surface area contributed by atoms with Gasteiger partial charge in [-0.2, -0.15) is 5.26 Å². The molecule has 3 aromatic carbocycles. The molecule has 0 aliphatic heterocycles. The van der Waals surface area contributed by atoms with Gasteiger partial charge in [-0.3, -0.25) is 9.59 Å². The second kappa shape index (κ2) is 12.5. The lowest BCUT2D eigenvalue weighted by Crippen LogP contribution is -2.53. The number of nitrogens with zero attached hydrogens (tertiary/aromatic N) is 3. The van der Waals surface area contributed by atoms with Gasteiger partial charge in [0, 0.05) is 18.5 Å². The molecule has 0 fully saturated rings. The number of carbonyl (C=O) groups excluding carboxylic acids is 2. The molecule has 0 aliphatic carbocycles. The SMILES string of the molecule is CN(C(=O)[C@H](Cc1ccccc1)NC(=O)CNc1c(F)cccc1F)N(C#N)Cc1ccc(Cl)cc1. The Bertz CT molecular complexity index is 1220. The number of rotatable bonds is 10. The summed E-state index contributed by atoms with van der Waals surface area (Å²) in [7, 11) is 1.43. The van der Waals surface area contributed by atoms with Gasteiger partial charge in [0.25, 0.3) is 5.91 Å². The first-order valence-corrected chi connectivity index (χ1v) is 11.4. The minimum atomic E-state index is -1.04. The predicted molar refractivity (Wildman–Crippen MR) is 132 cm³/mol. The number of nitrogens with one attached hydrogen (secondary N) is 2. The highest BCUT2D eigenvalue weighted by molar-refractivity contribution is 6.30. The van der Waals surface area contributed by atoms with Crippen LogP contribution in [0.2, 0.25) is 5.02 Å². The Kier molecular flexibility index (Phi) is 9.19. The van der Waals surface area contributed by atoms with Crippen LogP contribution in [-0.2, 0) is 22.6 Å². The van der Waals surface area contributed by atoms with Gasteiger partial charge in [-0.15, -0.1) is 0 Å². The maximum absolute atomic E-state index is 13.9. The van der Waals surface area contributed by atoms with Gasteiger partial charge in [0.2, 0.25) is 5.91 Å². The zero-order valence-electron chi connectivity index (χ0n) is 19.4. The van der Waals surface area contributed by atoms with Crippen LogP contribution < -0.4 is 10.6 Å². The zero-order chi connectivity index (χ0) is 26.1. The quantitative estimate of drug-likeness (QED) is 0.243. The molecule has 0 saturated heterocycles. The summed E-state index contributed by atoms with van der Waals surface area (Å²) >= 11 is 5.91. The highest BCUT2D eigenvalue weighted by atomic mass is 35.5. The fourth-order valence-electron chi connectivity index (χ4n) is 3.45. The molecule has 36 heavy (non-hydrogen) atoms. The van der Waals surface area contributed by atoms with Crippen molar-refractivity contribution >= 4 is 29.1 Å². The number of hydrazine groups is 1. The minimum Gasteiger partial charge on any atom is -0.371 e. The maximum Gasteiger partial charge on any atom is 0.264 e. The molecule has 1 atom stereocenters. The summed E-state index contributed by atoms with van der Waals surface area (Å²) in [6.07, 6.45) is 2.12. The molecule has 0 aromatic heterocycles. The Morgan fingerprint density at radius 1 is 0.972 bits per heavy atom. The van der Waals surface area contributed by atoms with Gasteiger partial charge in [-0.1, -0.05) is 60.1 Å². The van der Waals surface area contributed by atoms with Gasteiger partial charge in [0.05, 0.1) is 13.1 Å². The molecule has 0 aliphatic rings. The third-order valence-electron chi connectivity index (χ3n) is 5.35. The van der Waals surface area contributed by atoms with Crippen LogP contribution in [0.1, 0.15) is 11.1 Å². The fourth-order valence-corrected chi connectivity index (χ4v) is 3.57. The molecule has 0 bridgehead atoms. The molecule has 7 nitrogen and oxygen atoms in total. The molecule has 3 rings (SSSR count). The molecule has 2 amide bonds. The van der Waals surface area contributed by atoms with Crippen molar-refractivity contribution in [1.29, 1.82) is 5.26 Å². The first kappa shape index (κ1) is 26.4. The number of carbonyl (C=O) groups is 2. The van der Waals surface area contributed by atoms with Crippen LogP contribution >= 0.6 is 11.6 Å². The lowest BCUT2D eigenvalue weighted by Gasteiger charge is -2.30. The highest BCUT2D eigenvalue weighted by Gasteiger charge is 2.28. The molecule has 0 saturated carbocycles. The minimum absolute atomic E-state index is 0.107. The average molecular weight is 512 g/mol. The second-order valence-electron chi connectivity index (χ2n) is 7.91. The van der Waals surface area contributed by atoms with Gasteiger partial charge < -0.3 is 10.6 Å². The molecule has 186 valence electrons. The Morgan fingerprint density at radius 2 is 1.61 bits per heavy atom. The van der Waals surface area contributed by atoms with Crippen molar-refractivity contribution in [3.63, 3.8) is 0 Å². The topological polar surface area (TPSA) is 88.5 Å². The molecular formula is C26H24ClF2N5O2. The third-order valence-corrected chi connectivity index (χ3v) is 5.60. The van der Waals surface area contributed by atoms with Crippen molar-refractivity contribution in [1.82, 2.24) is 15.3 Å². The van der Waals surface area contributed by atoms with E-state index in [0.717, 1.165) is 33.3 Å². The summed E-state index contributed by atoms with van der Waals surface area (Å²) in [4.78, 5) is 26.0. The normalized spacial score (nSPS) is 11.2. The number of benzene rings is 3. The largest absolute Gasteiger partial charge is 0.371 e. The van der Waals surface area contributed by atoms with E-state index in [2.05, 4.69) is 10.6 Å². The second-order valence-corrected chi connectivity index (χ2v) is 8.34. The Hall–Kier alpha value is -4.16. The van der Waals surface area contributed by atoms with E-state index in [1.165, 1.54) is 13.1 Å². The number of amides is 2. The smallest absolute Gasteiger partial charge is 0.264 e. The maximum atomic E-state index is 13.9. The van der Waals surface area contributed by atoms with E-state index >= 15 is 0 Å². The summed E-state index contributed by atoms with van der Waals surface area (Å²) in [5.74, 6) is -2.88. The van der Waals surface area contributed by atoms with E-state index < -0.39 is 41.7 Å². The summed E-state index contributed by atoms with van der Waals surface area (Å²) in [5, 5.41) is 17.5. The predicted octanol–water partition coefficient (Wildman–Crippen LogP) is 4.11. The van der Waals surface area contributed by atoms with Crippen LogP contribution in [-0.4, -0.2) is 41.5 Å². The van der Waals surface area contributed by atoms with Gasteiger partial charge in [0.15, 0.2) is 6.19 Å². The van der Waals surface area contributed by atoms with Crippen molar-refractivity contribution in [2.45, 2.75) is 19.0 Å². The first-order valence-electron chi connectivity index (χ1n) is 11.0. The van der Waals surface area contributed by atoms with Crippen molar-refractivity contribution in [3.8, 4) is 6.19 Å². The third kappa shape index (κ3) is 7.17. The van der Waals surface area contributed by atoms with Crippen molar-refractivity contribution < 1.29 is 18.4 Å².